The van der Waals surface area contributed by atoms with Crippen molar-refractivity contribution >= 4 is 39.1 Å². The third-order valence-electron chi connectivity index (χ3n) is 5.76. The van der Waals surface area contributed by atoms with E-state index in [1.807, 2.05) is 43.3 Å². The van der Waals surface area contributed by atoms with Gasteiger partial charge in [-0.2, -0.15) is 0 Å². The normalized spacial score (nSPS) is 11.9. The van der Waals surface area contributed by atoms with Gasteiger partial charge in [0.1, 0.15) is 24.7 Å². The molecule has 0 aliphatic carbocycles. The van der Waals surface area contributed by atoms with E-state index in [-0.39, 0.29) is 17.9 Å². The SMILES string of the molecule is CCc1cc(C)cc(OCCOc2ccc([N+](=O)[O-])cc2/C=c2\sc3nc4ccccc4n3c2=O)c1. The van der Waals surface area contributed by atoms with Crippen LogP contribution in [0.5, 0.6) is 11.5 Å². The molecule has 36 heavy (non-hydrogen) atoms. The molecular formula is C27H23N3O5S. The molecule has 182 valence electrons. The number of hydrogen-bond acceptors (Lipinski definition) is 7. The highest BCUT2D eigenvalue weighted by atomic mass is 32.1. The van der Waals surface area contributed by atoms with Crippen LogP contribution in [0.2, 0.25) is 0 Å². The fraction of sp³-hybridized carbons (Fsp3) is 0.185. The molecule has 2 aromatic heterocycles. The van der Waals surface area contributed by atoms with E-state index in [4.69, 9.17) is 9.47 Å². The lowest BCUT2D eigenvalue weighted by Gasteiger charge is -2.12. The Kier molecular flexibility index (Phi) is 6.39. The first-order chi connectivity index (χ1) is 17.4. The van der Waals surface area contributed by atoms with Crippen LogP contribution in [0.1, 0.15) is 23.6 Å². The van der Waals surface area contributed by atoms with Crippen LogP contribution >= 0.6 is 11.3 Å². The van der Waals surface area contributed by atoms with Crippen molar-refractivity contribution in [2.75, 3.05) is 13.2 Å². The molecule has 0 aliphatic rings. The molecular weight excluding hydrogens is 478 g/mol. The first kappa shape index (κ1) is 23.5. The lowest BCUT2D eigenvalue weighted by atomic mass is 10.1. The second-order valence-electron chi connectivity index (χ2n) is 8.32. The van der Waals surface area contributed by atoms with Gasteiger partial charge in [0.15, 0.2) is 4.96 Å². The molecule has 2 heterocycles. The van der Waals surface area contributed by atoms with E-state index in [0.717, 1.165) is 28.8 Å². The first-order valence-electron chi connectivity index (χ1n) is 11.5. The zero-order chi connectivity index (χ0) is 25.2. The quantitative estimate of drug-likeness (QED) is 0.174. The summed E-state index contributed by atoms with van der Waals surface area (Å²) in [5.74, 6) is 1.20. The Morgan fingerprint density at radius 2 is 1.89 bits per heavy atom. The minimum atomic E-state index is -0.472. The van der Waals surface area contributed by atoms with Gasteiger partial charge in [-0.3, -0.25) is 14.9 Å². The van der Waals surface area contributed by atoms with Gasteiger partial charge in [-0.25, -0.2) is 9.38 Å². The number of imidazole rings is 1. The van der Waals surface area contributed by atoms with Gasteiger partial charge in [0.2, 0.25) is 0 Å². The molecule has 0 spiro atoms. The lowest BCUT2D eigenvalue weighted by Crippen LogP contribution is -2.22. The molecule has 3 aromatic carbocycles. The number of para-hydroxylation sites is 2. The molecule has 9 heteroatoms. The molecule has 5 rings (SSSR count). The van der Waals surface area contributed by atoms with Crippen molar-refractivity contribution in [2.24, 2.45) is 0 Å². The lowest BCUT2D eigenvalue weighted by molar-refractivity contribution is -0.384. The molecule has 0 bridgehead atoms. The van der Waals surface area contributed by atoms with E-state index in [2.05, 4.69) is 18.0 Å². The Labute approximate surface area is 210 Å². The molecule has 0 radical (unpaired) electrons. The third kappa shape index (κ3) is 4.65. The Bertz CT molecular complexity index is 1710. The molecule has 0 N–H and O–H groups in total. The molecule has 0 unspecified atom stereocenters. The van der Waals surface area contributed by atoms with Gasteiger partial charge in [0.05, 0.1) is 20.5 Å². The predicted molar refractivity (Wildman–Crippen MR) is 140 cm³/mol. The van der Waals surface area contributed by atoms with Crippen LogP contribution in [-0.4, -0.2) is 27.5 Å². The number of hydrogen-bond donors (Lipinski definition) is 0. The van der Waals surface area contributed by atoms with Crippen molar-refractivity contribution in [2.45, 2.75) is 20.3 Å². The van der Waals surface area contributed by atoms with Crippen molar-refractivity contribution in [3.8, 4) is 11.5 Å². The average Bonchev–Trinajstić information content (AvgIpc) is 3.37. The summed E-state index contributed by atoms with van der Waals surface area (Å²) in [5, 5.41) is 11.4. The highest BCUT2D eigenvalue weighted by Crippen LogP contribution is 2.26. The summed E-state index contributed by atoms with van der Waals surface area (Å²) in [5.41, 5.74) is 3.92. The number of non-ortho nitro benzene ring substituents is 1. The summed E-state index contributed by atoms with van der Waals surface area (Å²) < 4.78 is 13.8. The van der Waals surface area contributed by atoms with E-state index in [9.17, 15) is 14.9 Å². The van der Waals surface area contributed by atoms with Gasteiger partial charge in [-0.15, -0.1) is 0 Å². The summed E-state index contributed by atoms with van der Waals surface area (Å²) in [4.78, 5) is 29.1. The summed E-state index contributed by atoms with van der Waals surface area (Å²) in [6.07, 6.45) is 2.54. The topological polar surface area (TPSA) is 96.0 Å². The van der Waals surface area contributed by atoms with E-state index < -0.39 is 4.92 Å². The smallest absolute Gasteiger partial charge is 0.274 e. The van der Waals surface area contributed by atoms with E-state index in [0.29, 0.717) is 27.4 Å². The summed E-state index contributed by atoms with van der Waals surface area (Å²) in [6, 6.07) is 17.8. The maximum Gasteiger partial charge on any atom is 0.274 e. The zero-order valence-corrected chi connectivity index (χ0v) is 20.6. The first-order valence-corrected chi connectivity index (χ1v) is 12.3. The number of benzene rings is 3. The Balaban J connectivity index is 1.43. The molecule has 8 nitrogen and oxygen atoms in total. The van der Waals surface area contributed by atoms with E-state index >= 15 is 0 Å². The Hall–Kier alpha value is -4.24. The standard InChI is InChI=1S/C27H23N3O5S/c1-3-18-12-17(2)13-21(14-18)34-10-11-35-24-9-8-20(30(32)33)15-19(24)16-25-26(31)29-23-7-5-4-6-22(23)28-27(29)36-25/h4-9,12-16H,3,10-11H2,1-2H3/b25-16-. The second kappa shape index (κ2) is 9.79. The van der Waals surface area contributed by atoms with Gasteiger partial charge in [0, 0.05) is 17.7 Å². The molecule has 0 amide bonds. The number of ether oxygens (including phenoxy) is 2. The van der Waals surface area contributed by atoms with Gasteiger partial charge in [0.25, 0.3) is 11.2 Å². The van der Waals surface area contributed by atoms with Crippen molar-refractivity contribution in [1.82, 2.24) is 9.38 Å². The minimum Gasteiger partial charge on any atom is -0.490 e. The number of rotatable bonds is 8. The van der Waals surface area contributed by atoms with Crippen LogP contribution in [0.4, 0.5) is 5.69 Å². The number of nitro benzene ring substituents is 1. The van der Waals surface area contributed by atoms with E-state index in [1.54, 1.807) is 16.5 Å². The number of thiazole rings is 1. The maximum atomic E-state index is 13.1. The van der Waals surface area contributed by atoms with Crippen LogP contribution in [-0.2, 0) is 6.42 Å². The maximum absolute atomic E-state index is 13.1. The minimum absolute atomic E-state index is 0.0871. The molecule has 0 fully saturated rings. The molecule has 0 saturated heterocycles. The number of nitrogens with zero attached hydrogens (tertiary/aromatic N) is 3. The number of aromatic nitrogens is 2. The van der Waals surface area contributed by atoms with Gasteiger partial charge in [-0.1, -0.05) is 36.5 Å². The van der Waals surface area contributed by atoms with Crippen molar-refractivity contribution in [3.05, 3.63) is 102 Å². The van der Waals surface area contributed by atoms with E-state index in [1.165, 1.54) is 29.0 Å². The van der Waals surface area contributed by atoms with Crippen molar-refractivity contribution in [1.29, 1.82) is 0 Å². The second-order valence-corrected chi connectivity index (χ2v) is 9.33. The van der Waals surface area contributed by atoms with Crippen molar-refractivity contribution in [3.63, 3.8) is 0 Å². The summed E-state index contributed by atoms with van der Waals surface area (Å²) >= 11 is 1.23. The van der Waals surface area contributed by atoms with Gasteiger partial charge < -0.3 is 9.47 Å². The monoisotopic (exact) mass is 501 g/mol. The van der Waals surface area contributed by atoms with Crippen LogP contribution in [0.25, 0.3) is 22.1 Å². The fourth-order valence-corrected chi connectivity index (χ4v) is 5.05. The third-order valence-corrected chi connectivity index (χ3v) is 6.73. The Morgan fingerprint density at radius 1 is 1.08 bits per heavy atom. The molecule has 0 atom stereocenters. The van der Waals surface area contributed by atoms with Crippen molar-refractivity contribution < 1.29 is 14.4 Å². The van der Waals surface area contributed by atoms with Crippen LogP contribution in [0.3, 0.4) is 0 Å². The highest BCUT2D eigenvalue weighted by molar-refractivity contribution is 7.15. The highest BCUT2D eigenvalue weighted by Gasteiger charge is 2.14. The largest absolute Gasteiger partial charge is 0.490 e. The predicted octanol–water partition coefficient (Wildman–Crippen LogP) is 4.69. The molecule has 5 aromatic rings. The average molecular weight is 502 g/mol. The summed E-state index contributed by atoms with van der Waals surface area (Å²) in [6.45, 7) is 4.65. The number of nitro groups is 1. The fourth-order valence-electron chi connectivity index (χ4n) is 4.07. The number of fused-ring (bicyclic) bond motifs is 3. The molecule has 0 aliphatic heterocycles. The van der Waals surface area contributed by atoms with Crippen LogP contribution in [0, 0.1) is 17.0 Å². The summed E-state index contributed by atoms with van der Waals surface area (Å²) in [7, 11) is 0. The van der Waals surface area contributed by atoms with Gasteiger partial charge in [-0.05, 0) is 60.9 Å². The zero-order valence-electron chi connectivity index (χ0n) is 19.8. The Morgan fingerprint density at radius 3 is 2.69 bits per heavy atom. The van der Waals surface area contributed by atoms with Crippen LogP contribution in [0.15, 0.2) is 65.5 Å². The van der Waals surface area contributed by atoms with Crippen LogP contribution < -0.4 is 19.6 Å². The molecule has 0 saturated carbocycles. The van der Waals surface area contributed by atoms with Gasteiger partial charge >= 0.3 is 0 Å². The number of aryl methyl sites for hydroxylation is 2.